The smallest absolute Gasteiger partial charge is 0.315 e. The summed E-state index contributed by atoms with van der Waals surface area (Å²) in [6.45, 7) is 6.96. The molecule has 0 radical (unpaired) electrons. The number of carbonyl (C=O) groups is 1. The lowest BCUT2D eigenvalue weighted by molar-refractivity contribution is 0.143. The van der Waals surface area contributed by atoms with Gasteiger partial charge in [-0.3, -0.25) is 4.90 Å². The Bertz CT molecular complexity index is 261. The molecular formula is C14H29N3O2. The fourth-order valence-corrected chi connectivity index (χ4v) is 2.48. The molecule has 5 heteroatoms. The molecule has 0 aliphatic carbocycles. The summed E-state index contributed by atoms with van der Waals surface area (Å²) in [5.74, 6) is 0. The summed E-state index contributed by atoms with van der Waals surface area (Å²) < 4.78 is 0. The van der Waals surface area contributed by atoms with Crippen molar-refractivity contribution in [2.75, 3.05) is 26.2 Å². The van der Waals surface area contributed by atoms with Gasteiger partial charge in [0.1, 0.15) is 0 Å². The molecule has 2 atom stereocenters. The van der Waals surface area contributed by atoms with Crippen molar-refractivity contribution < 1.29 is 9.90 Å². The van der Waals surface area contributed by atoms with Crippen LogP contribution in [0.15, 0.2) is 0 Å². The molecule has 2 unspecified atom stereocenters. The van der Waals surface area contributed by atoms with Crippen molar-refractivity contribution in [1.29, 1.82) is 0 Å². The second kappa shape index (κ2) is 9.15. The van der Waals surface area contributed by atoms with Gasteiger partial charge < -0.3 is 15.7 Å². The maximum absolute atomic E-state index is 11.6. The van der Waals surface area contributed by atoms with E-state index >= 15 is 0 Å². The van der Waals surface area contributed by atoms with E-state index in [9.17, 15) is 4.79 Å². The van der Waals surface area contributed by atoms with Crippen LogP contribution in [-0.2, 0) is 0 Å². The van der Waals surface area contributed by atoms with Crippen molar-refractivity contribution in [3.05, 3.63) is 0 Å². The number of likely N-dealkylation sites (tertiary alicyclic amines) is 1. The third-order valence-electron chi connectivity index (χ3n) is 3.70. The van der Waals surface area contributed by atoms with Crippen LogP contribution in [0.5, 0.6) is 0 Å². The van der Waals surface area contributed by atoms with E-state index in [0.29, 0.717) is 12.6 Å². The van der Waals surface area contributed by atoms with Crippen molar-refractivity contribution in [3.63, 3.8) is 0 Å². The van der Waals surface area contributed by atoms with Crippen LogP contribution in [0.4, 0.5) is 4.79 Å². The quantitative estimate of drug-likeness (QED) is 0.654. The second-order valence-electron chi connectivity index (χ2n) is 5.48. The Morgan fingerprint density at radius 3 is 2.95 bits per heavy atom. The monoisotopic (exact) mass is 271 g/mol. The van der Waals surface area contributed by atoms with Gasteiger partial charge in [-0.25, -0.2) is 4.79 Å². The zero-order valence-corrected chi connectivity index (χ0v) is 12.3. The molecule has 1 rings (SSSR count). The lowest BCUT2D eigenvalue weighted by Crippen LogP contribution is -2.50. The number of unbranched alkanes of at least 4 members (excludes halogenated alkanes) is 1. The van der Waals surface area contributed by atoms with Crippen LogP contribution in [0.25, 0.3) is 0 Å². The maximum atomic E-state index is 11.6. The first-order valence-corrected chi connectivity index (χ1v) is 7.56. The van der Waals surface area contributed by atoms with E-state index < -0.39 is 0 Å². The SMILES string of the molecule is CCCCN1CCCCC1CNC(=O)NC(C)CO. The van der Waals surface area contributed by atoms with Gasteiger partial charge >= 0.3 is 6.03 Å². The lowest BCUT2D eigenvalue weighted by atomic mass is 10.0. The van der Waals surface area contributed by atoms with Gasteiger partial charge in [0, 0.05) is 12.6 Å². The van der Waals surface area contributed by atoms with Gasteiger partial charge in [-0.15, -0.1) is 0 Å². The Balaban J connectivity index is 2.29. The summed E-state index contributed by atoms with van der Waals surface area (Å²) in [5, 5.41) is 14.5. The molecule has 1 heterocycles. The van der Waals surface area contributed by atoms with Crippen LogP contribution in [0.2, 0.25) is 0 Å². The highest BCUT2D eigenvalue weighted by molar-refractivity contribution is 5.74. The number of aliphatic hydroxyl groups is 1. The largest absolute Gasteiger partial charge is 0.394 e. The van der Waals surface area contributed by atoms with E-state index in [1.54, 1.807) is 6.92 Å². The van der Waals surface area contributed by atoms with Gasteiger partial charge in [-0.1, -0.05) is 19.8 Å². The minimum Gasteiger partial charge on any atom is -0.394 e. The Kier molecular flexibility index (Phi) is 7.82. The van der Waals surface area contributed by atoms with E-state index in [4.69, 9.17) is 5.11 Å². The molecule has 1 saturated heterocycles. The van der Waals surface area contributed by atoms with Gasteiger partial charge in [0.15, 0.2) is 0 Å². The molecule has 2 amide bonds. The highest BCUT2D eigenvalue weighted by Gasteiger charge is 2.22. The minimum absolute atomic E-state index is 0.0283. The normalized spacial score (nSPS) is 21.9. The maximum Gasteiger partial charge on any atom is 0.315 e. The lowest BCUT2D eigenvalue weighted by Gasteiger charge is -2.35. The first-order chi connectivity index (χ1) is 9.17. The summed E-state index contributed by atoms with van der Waals surface area (Å²) >= 11 is 0. The van der Waals surface area contributed by atoms with E-state index in [-0.39, 0.29) is 18.7 Å². The van der Waals surface area contributed by atoms with Crippen LogP contribution >= 0.6 is 0 Å². The Morgan fingerprint density at radius 2 is 2.26 bits per heavy atom. The highest BCUT2D eigenvalue weighted by atomic mass is 16.3. The molecule has 1 aliphatic heterocycles. The van der Waals surface area contributed by atoms with Crippen molar-refractivity contribution in [1.82, 2.24) is 15.5 Å². The standard InChI is InChI=1S/C14H29N3O2/c1-3-4-8-17-9-6-5-7-13(17)10-15-14(19)16-12(2)11-18/h12-13,18H,3-11H2,1-2H3,(H2,15,16,19). The van der Waals surface area contributed by atoms with Crippen molar-refractivity contribution in [3.8, 4) is 0 Å². The molecule has 0 spiro atoms. The number of urea groups is 1. The van der Waals surface area contributed by atoms with Crippen LogP contribution < -0.4 is 10.6 Å². The molecule has 5 nitrogen and oxygen atoms in total. The number of aliphatic hydroxyl groups excluding tert-OH is 1. The van der Waals surface area contributed by atoms with Crippen molar-refractivity contribution in [2.45, 2.75) is 58.0 Å². The molecule has 1 fully saturated rings. The number of hydrogen-bond donors (Lipinski definition) is 3. The summed E-state index contributed by atoms with van der Waals surface area (Å²) in [5.41, 5.74) is 0. The number of amides is 2. The van der Waals surface area contributed by atoms with Gasteiger partial charge in [-0.2, -0.15) is 0 Å². The Labute approximate surface area is 116 Å². The molecule has 1 aliphatic rings. The third-order valence-corrected chi connectivity index (χ3v) is 3.70. The zero-order chi connectivity index (χ0) is 14.1. The number of carbonyl (C=O) groups excluding carboxylic acids is 1. The number of nitrogens with zero attached hydrogens (tertiary/aromatic N) is 1. The molecule has 0 bridgehead atoms. The van der Waals surface area contributed by atoms with Crippen molar-refractivity contribution in [2.24, 2.45) is 0 Å². The minimum atomic E-state index is -0.192. The first-order valence-electron chi connectivity index (χ1n) is 7.56. The van der Waals surface area contributed by atoms with E-state index in [1.165, 1.54) is 32.1 Å². The summed E-state index contributed by atoms with van der Waals surface area (Å²) in [4.78, 5) is 14.1. The van der Waals surface area contributed by atoms with Crippen LogP contribution in [0.3, 0.4) is 0 Å². The van der Waals surface area contributed by atoms with Gasteiger partial charge in [0.2, 0.25) is 0 Å². The molecule has 0 saturated carbocycles. The van der Waals surface area contributed by atoms with Gasteiger partial charge in [0.25, 0.3) is 0 Å². The van der Waals surface area contributed by atoms with Crippen molar-refractivity contribution >= 4 is 6.03 Å². The summed E-state index contributed by atoms with van der Waals surface area (Å²) in [7, 11) is 0. The average molecular weight is 271 g/mol. The fourth-order valence-electron chi connectivity index (χ4n) is 2.48. The van der Waals surface area contributed by atoms with Crippen LogP contribution in [0, 0.1) is 0 Å². The predicted molar refractivity (Wildman–Crippen MR) is 77.2 cm³/mol. The van der Waals surface area contributed by atoms with Gasteiger partial charge in [-0.05, 0) is 39.3 Å². The van der Waals surface area contributed by atoms with E-state index in [1.807, 2.05) is 0 Å². The Hall–Kier alpha value is -0.810. The van der Waals surface area contributed by atoms with Crippen LogP contribution in [-0.4, -0.2) is 54.4 Å². The average Bonchev–Trinajstić information content (AvgIpc) is 2.43. The van der Waals surface area contributed by atoms with Gasteiger partial charge in [0.05, 0.1) is 12.6 Å². The summed E-state index contributed by atoms with van der Waals surface area (Å²) in [6, 6.07) is 0.0978. The topological polar surface area (TPSA) is 64.6 Å². The number of nitrogens with one attached hydrogen (secondary N) is 2. The van der Waals surface area contributed by atoms with Crippen LogP contribution in [0.1, 0.15) is 46.0 Å². The molecule has 0 aromatic heterocycles. The Morgan fingerprint density at radius 1 is 1.47 bits per heavy atom. The second-order valence-corrected chi connectivity index (χ2v) is 5.48. The summed E-state index contributed by atoms with van der Waals surface area (Å²) in [6.07, 6.45) is 6.13. The molecular weight excluding hydrogens is 242 g/mol. The molecule has 0 aromatic rings. The predicted octanol–water partition coefficient (Wildman–Crippen LogP) is 1.32. The molecule has 19 heavy (non-hydrogen) atoms. The number of hydrogen-bond acceptors (Lipinski definition) is 3. The fraction of sp³-hybridized carbons (Fsp3) is 0.929. The first kappa shape index (κ1) is 16.2. The molecule has 3 N–H and O–H groups in total. The molecule has 112 valence electrons. The highest BCUT2D eigenvalue weighted by Crippen LogP contribution is 2.16. The third kappa shape index (κ3) is 6.25. The van der Waals surface area contributed by atoms with E-state index in [2.05, 4.69) is 22.5 Å². The number of piperidine rings is 1. The zero-order valence-electron chi connectivity index (χ0n) is 12.3. The molecule has 0 aromatic carbocycles. The van der Waals surface area contributed by atoms with E-state index in [0.717, 1.165) is 13.1 Å². The number of rotatable bonds is 7.